The molecule has 0 aromatic heterocycles. The lowest BCUT2D eigenvalue weighted by Gasteiger charge is -2.39. The predicted octanol–water partition coefficient (Wildman–Crippen LogP) is 4.23. The van der Waals surface area contributed by atoms with E-state index < -0.39 is 5.82 Å². The number of para-hydroxylation sites is 1. The van der Waals surface area contributed by atoms with Crippen molar-refractivity contribution in [2.45, 2.75) is 19.3 Å². The molecule has 0 aliphatic carbocycles. The summed E-state index contributed by atoms with van der Waals surface area (Å²) in [4.78, 5) is 14.6. The zero-order valence-electron chi connectivity index (χ0n) is 15.2. The molecule has 4 rings (SSSR count). The van der Waals surface area contributed by atoms with E-state index in [2.05, 4.69) is 10.6 Å². The van der Waals surface area contributed by atoms with Gasteiger partial charge >= 0.3 is 6.03 Å². The molecule has 2 saturated heterocycles. The first-order valence-corrected chi connectivity index (χ1v) is 9.43. The Bertz CT molecular complexity index is 803. The van der Waals surface area contributed by atoms with Gasteiger partial charge in [0.15, 0.2) is 11.6 Å². The van der Waals surface area contributed by atoms with E-state index in [1.54, 1.807) is 42.5 Å². The van der Waals surface area contributed by atoms with Crippen molar-refractivity contribution in [1.82, 2.24) is 10.2 Å². The van der Waals surface area contributed by atoms with Crippen LogP contribution in [0.4, 0.5) is 14.9 Å². The molecule has 6 heteroatoms. The Kier molecular flexibility index (Phi) is 4.99. The van der Waals surface area contributed by atoms with Gasteiger partial charge in [0.25, 0.3) is 0 Å². The number of ether oxygens (including phenoxy) is 1. The minimum Gasteiger partial charge on any atom is -0.454 e. The third-order valence-corrected chi connectivity index (χ3v) is 5.45. The number of carbonyl (C=O) groups excluding carboxylic acids is 1. The second-order valence-corrected chi connectivity index (χ2v) is 7.44. The number of urea groups is 1. The molecule has 5 nitrogen and oxygen atoms in total. The van der Waals surface area contributed by atoms with Crippen molar-refractivity contribution in [3.63, 3.8) is 0 Å². The summed E-state index contributed by atoms with van der Waals surface area (Å²) in [6.07, 6.45) is 3.37. The molecule has 0 unspecified atom stereocenters. The maximum Gasteiger partial charge on any atom is 0.321 e. The maximum atomic E-state index is 13.7. The third kappa shape index (κ3) is 4.06. The first-order chi connectivity index (χ1) is 13.1. The van der Waals surface area contributed by atoms with Gasteiger partial charge in [-0.15, -0.1) is 0 Å². The maximum absolute atomic E-state index is 13.7. The molecule has 2 aromatic rings. The highest BCUT2D eigenvalue weighted by Crippen LogP contribution is 2.35. The Hall–Kier alpha value is -2.60. The molecule has 2 fully saturated rings. The average Bonchev–Trinajstić information content (AvgIpc) is 3.12. The smallest absolute Gasteiger partial charge is 0.321 e. The molecule has 142 valence electrons. The van der Waals surface area contributed by atoms with E-state index in [1.807, 2.05) is 4.90 Å². The summed E-state index contributed by atoms with van der Waals surface area (Å²) >= 11 is 0. The monoisotopic (exact) mass is 369 g/mol. The van der Waals surface area contributed by atoms with Gasteiger partial charge in [-0.25, -0.2) is 9.18 Å². The predicted molar refractivity (Wildman–Crippen MR) is 103 cm³/mol. The number of piperidine rings is 1. The molecule has 2 aliphatic heterocycles. The second-order valence-electron chi connectivity index (χ2n) is 7.44. The van der Waals surface area contributed by atoms with E-state index in [0.717, 1.165) is 39.0 Å². The number of amides is 2. The Balaban J connectivity index is 1.36. The van der Waals surface area contributed by atoms with Crippen LogP contribution in [0, 0.1) is 11.2 Å². The quantitative estimate of drug-likeness (QED) is 0.851. The van der Waals surface area contributed by atoms with E-state index in [-0.39, 0.29) is 17.2 Å². The third-order valence-electron chi connectivity index (χ3n) is 5.45. The van der Waals surface area contributed by atoms with Crippen LogP contribution in [-0.4, -0.2) is 37.1 Å². The molecular weight excluding hydrogens is 345 g/mol. The molecule has 2 amide bonds. The number of likely N-dealkylation sites (tertiary alicyclic amines) is 1. The van der Waals surface area contributed by atoms with Crippen LogP contribution in [0.3, 0.4) is 0 Å². The highest BCUT2D eigenvalue weighted by molar-refractivity contribution is 5.89. The lowest BCUT2D eigenvalue weighted by Crippen LogP contribution is -2.48. The Labute approximate surface area is 158 Å². The number of carbonyl (C=O) groups is 1. The topological polar surface area (TPSA) is 53.6 Å². The fraction of sp³-hybridized carbons (Fsp3) is 0.381. The number of anilines is 1. The molecule has 0 saturated carbocycles. The van der Waals surface area contributed by atoms with Gasteiger partial charge in [-0.1, -0.05) is 12.1 Å². The highest BCUT2D eigenvalue weighted by atomic mass is 19.1. The zero-order valence-corrected chi connectivity index (χ0v) is 15.2. The Morgan fingerprint density at radius 3 is 2.70 bits per heavy atom. The van der Waals surface area contributed by atoms with Crippen molar-refractivity contribution in [2.24, 2.45) is 5.41 Å². The van der Waals surface area contributed by atoms with Crippen LogP contribution in [0.2, 0.25) is 0 Å². The van der Waals surface area contributed by atoms with E-state index in [9.17, 15) is 9.18 Å². The van der Waals surface area contributed by atoms with Crippen molar-refractivity contribution in [3.05, 3.63) is 54.3 Å². The number of nitrogens with one attached hydrogen (secondary N) is 2. The molecule has 2 heterocycles. The van der Waals surface area contributed by atoms with Crippen molar-refractivity contribution in [1.29, 1.82) is 0 Å². The molecule has 1 atom stereocenters. The number of hydrogen-bond donors (Lipinski definition) is 2. The van der Waals surface area contributed by atoms with Gasteiger partial charge in [-0.3, -0.25) is 0 Å². The molecular formula is C21H24FN3O2. The van der Waals surface area contributed by atoms with Crippen molar-refractivity contribution >= 4 is 11.7 Å². The lowest BCUT2D eigenvalue weighted by molar-refractivity contribution is 0.125. The molecule has 2 aromatic carbocycles. The summed E-state index contributed by atoms with van der Waals surface area (Å²) in [6.45, 7) is 3.64. The van der Waals surface area contributed by atoms with Crippen LogP contribution in [0.25, 0.3) is 0 Å². The van der Waals surface area contributed by atoms with Crippen LogP contribution in [0.1, 0.15) is 19.3 Å². The summed E-state index contributed by atoms with van der Waals surface area (Å²) in [5, 5.41) is 6.38. The van der Waals surface area contributed by atoms with Crippen LogP contribution >= 0.6 is 0 Å². The number of halogens is 1. The van der Waals surface area contributed by atoms with Gasteiger partial charge in [-0.05, 0) is 62.2 Å². The minimum atomic E-state index is -0.407. The van der Waals surface area contributed by atoms with E-state index in [4.69, 9.17) is 4.74 Å². The zero-order chi connectivity index (χ0) is 18.7. The highest BCUT2D eigenvalue weighted by Gasteiger charge is 2.39. The summed E-state index contributed by atoms with van der Waals surface area (Å²) in [7, 11) is 0. The molecule has 0 radical (unpaired) electrons. The summed E-state index contributed by atoms with van der Waals surface area (Å²) in [5.74, 6) is 0.292. The standard InChI is InChI=1S/C21H24FN3O2/c22-18-4-1-2-5-19(18)27-17-8-6-16(7-9-17)24-20(26)25-13-3-10-21(15-25)11-12-23-14-21/h1-2,4-9,23H,3,10-15H2,(H,24,26)/t21-/m1/s1. The SMILES string of the molecule is O=C(Nc1ccc(Oc2ccccc2F)cc1)N1CCC[C@]2(CCNC2)C1. The minimum absolute atomic E-state index is 0.0660. The second kappa shape index (κ2) is 7.56. The van der Waals surface area contributed by atoms with Crippen molar-refractivity contribution < 1.29 is 13.9 Å². The summed E-state index contributed by atoms with van der Waals surface area (Å²) in [5.41, 5.74) is 0.942. The normalized spacial score (nSPS) is 22.0. The van der Waals surface area contributed by atoms with Crippen LogP contribution in [0.15, 0.2) is 48.5 Å². The number of hydrogen-bond acceptors (Lipinski definition) is 3. The molecule has 1 spiro atoms. The Morgan fingerprint density at radius 1 is 1.15 bits per heavy atom. The van der Waals surface area contributed by atoms with E-state index in [1.165, 1.54) is 12.5 Å². The van der Waals surface area contributed by atoms with Crippen LogP contribution in [0.5, 0.6) is 11.5 Å². The van der Waals surface area contributed by atoms with Gasteiger partial charge < -0.3 is 20.3 Å². The number of benzene rings is 2. The van der Waals surface area contributed by atoms with Gasteiger partial charge in [0, 0.05) is 30.7 Å². The summed E-state index contributed by atoms with van der Waals surface area (Å²) < 4.78 is 19.2. The molecule has 0 bridgehead atoms. The van der Waals surface area contributed by atoms with Crippen LogP contribution in [-0.2, 0) is 0 Å². The summed E-state index contributed by atoms with van der Waals surface area (Å²) in [6, 6.07) is 13.2. The molecule has 27 heavy (non-hydrogen) atoms. The largest absolute Gasteiger partial charge is 0.454 e. The number of nitrogens with zero attached hydrogens (tertiary/aromatic N) is 1. The first kappa shape index (κ1) is 17.8. The molecule has 2 aliphatic rings. The van der Waals surface area contributed by atoms with Gasteiger partial charge in [0.05, 0.1) is 0 Å². The first-order valence-electron chi connectivity index (χ1n) is 9.43. The lowest BCUT2D eigenvalue weighted by atomic mass is 9.79. The fourth-order valence-electron chi connectivity index (χ4n) is 3.99. The fourth-order valence-corrected chi connectivity index (χ4v) is 3.99. The average molecular weight is 369 g/mol. The molecule has 2 N–H and O–H groups in total. The Morgan fingerprint density at radius 2 is 1.96 bits per heavy atom. The van der Waals surface area contributed by atoms with Gasteiger partial charge in [0.1, 0.15) is 5.75 Å². The van der Waals surface area contributed by atoms with E-state index in [0.29, 0.717) is 11.4 Å². The number of rotatable bonds is 3. The van der Waals surface area contributed by atoms with Gasteiger partial charge in [-0.2, -0.15) is 0 Å². The van der Waals surface area contributed by atoms with E-state index >= 15 is 0 Å². The van der Waals surface area contributed by atoms with Crippen LogP contribution < -0.4 is 15.4 Å². The van der Waals surface area contributed by atoms with Crippen molar-refractivity contribution in [3.8, 4) is 11.5 Å². The van der Waals surface area contributed by atoms with Gasteiger partial charge in [0.2, 0.25) is 0 Å². The van der Waals surface area contributed by atoms with Crippen molar-refractivity contribution in [2.75, 3.05) is 31.5 Å².